The van der Waals surface area contributed by atoms with E-state index < -0.39 is 0 Å². The summed E-state index contributed by atoms with van der Waals surface area (Å²) in [5.74, 6) is -0.133. The van der Waals surface area contributed by atoms with Gasteiger partial charge in [0.25, 0.3) is 5.91 Å². The van der Waals surface area contributed by atoms with Gasteiger partial charge >= 0.3 is 0 Å². The van der Waals surface area contributed by atoms with Gasteiger partial charge in [0.15, 0.2) is 0 Å². The molecular weight excluding hydrogens is 284 g/mol. The van der Waals surface area contributed by atoms with Crippen molar-refractivity contribution in [1.29, 1.82) is 0 Å². The van der Waals surface area contributed by atoms with Gasteiger partial charge in [-0.3, -0.25) is 4.79 Å². The van der Waals surface area contributed by atoms with Gasteiger partial charge in [-0.2, -0.15) is 0 Å². The number of rotatable bonds is 4. The molecule has 2 aromatic rings. The van der Waals surface area contributed by atoms with Crippen molar-refractivity contribution in [1.82, 2.24) is 10.3 Å². The number of aromatic nitrogens is 1. The average Bonchev–Trinajstić information content (AvgIpc) is 2.45. The van der Waals surface area contributed by atoms with Crippen LogP contribution in [0.5, 0.6) is 0 Å². The standard InChI is InChI=1S/C17H19ClN2O/c1-12-9-13(10-15(18)20-12)16(21)19-11-17(2,3)14-7-5-4-6-8-14/h4-10H,11H2,1-3H3,(H,19,21). The van der Waals surface area contributed by atoms with Crippen LogP contribution < -0.4 is 5.32 Å². The molecule has 1 aromatic heterocycles. The van der Waals surface area contributed by atoms with Crippen LogP contribution in [-0.4, -0.2) is 17.4 Å². The van der Waals surface area contributed by atoms with E-state index in [1.165, 1.54) is 5.56 Å². The largest absolute Gasteiger partial charge is 0.351 e. The molecule has 0 atom stereocenters. The van der Waals surface area contributed by atoms with E-state index in [4.69, 9.17) is 11.6 Å². The first-order valence-electron chi connectivity index (χ1n) is 6.86. The Morgan fingerprint density at radius 3 is 2.52 bits per heavy atom. The number of aryl methyl sites for hydroxylation is 1. The summed E-state index contributed by atoms with van der Waals surface area (Å²) in [4.78, 5) is 16.3. The number of amides is 1. The molecule has 1 heterocycles. The molecule has 0 fully saturated rings. The Balaban J connectivity index is 2.07. The number of carbonyl (C=O) groups is 1. The van der Waals surface area contributed by atoms with Crippen LogP contribution in [0.1, 0.15) is 35.5 Å². The lowest BCUT2D eigenvalue weighted by Crippen LogP contribution is -2.36. The highest BCUT2D eigenvalue weighted by atomic mass is 35.5. The molecule has 3 nitrogen and oxygen atoms in total. The quantitative estimate of drug-likeness (QED) is 0.874. The van der Waals surface area contributed by atoms with Crippen LogP contribution in [0.3, 0.4) is 0 Å². The molecule has 0 spiro atoms. The van der Waals surface area contributed by atoms with Crippen LogP contribution in [0.4, 0.5) is 0 Å². The molecule has 0 unspecified atom stereocenters. The molecular formula is C17H19ClN2O. The highest BCUT2D eigenvalue weighted by Gasteiger charge is 2.21. The van der Waals surface area contributed by atoms with E-state index in [1.807, 2.05) is 25.1 Å². The molecule has 0 aliphatic heterocycles. The van der Waals surface area contributed by atoms with Crippen LogP contribution in [0.2, 0.25) is 5.15 Å². The summed E-state index contributed by atoms with van der Waals surface area (Å²) < 4.78 is 0. The number of carbonyl (C=O) groups excluding carboxylic acids is 1. The lowest BCUT2D eigenvalue weighted by atomic mass is 9.84. The molecule has 1 aromatic carbocycles. The summed E-state index contributed by atoms with van der Waals surface area (Å²) in [6, 6.07) is 13.4. The van der Waals surface area contributed by atoms with Gasteiger partial charge in [0.1, 0.15) is 5.15 Å². The minimum atomic E-state index is -0.136. The smallest absolute Gasteiger partial charge is 0.251 e. The second kappa shape index (κ2) is 6.27. The maximum Gasteiger partial charge on any atom is 0.251 e. The lowest BCUT2D eigenvalue weighted by Gasteiger charge is -2.25. The van der Waals surface area contributed by atoms with Gasteiger partial charge in [-0.25, -0.2) is 4.98 Å². The zero-order valence-electron chi connectivity index (χ0n) is 12.5. The average molecular weight is 303 g/mol. The van der Waals surface area contributed by atoms with Gasteiger partial charge < -0.3 is 5.32 Å². The molecule has 110 valence electrons. The fourth-order valence-corrected chi connectivity index (χ4v) is 2.40. The van der Waals surface area contributed by atoms with Crippen molar-refractivity contribution in [3.63, 3.8) is 0 Å². The van der Waals surface area contributed by atoms with Crippen LogP contribution >= 0.6 is 11.6 Å². The molecule has 0 aliphatic rings. The Morgan fingerprint density at radius 2 is 1.90 bits per heavy atom. The molecule has 0 bridgehead atoms. The monoisotopic (exact) mass is 302 g/mol. The Hall–Kier alpha value is -1.87. The third kappa shape index (κ3) is 4.05. The second-order valence-electron chi connectivity index (χ2n) is 5.75. The molecule has 0 saturated heterocycles. The third-order valence-electron chi connectivity index (χ3n) is 3.43. The Kier molecular flexibility index (Phi) is 4.63. The van der Waals surface area contributed by atoms with E-state index >= 15 is 0 Å². The number of nitrogens with one attached hydrogen (secondary N) is 1. The highest BCUT2D eigenvalue weighted by Crippen LogP contribution is 2.22. The number of benzene rings is 1. The molecule has 0 saturated carbocycles. The van der Waals surface area contributed by atoms with Crippen molar-refractivity contribution >= 4 is 17.5 Å². The second-order valence-corrected chi connectivity index (χ2v) is 6.14. The molecule has 0 aliphatic carbocycles. The van der Waals surface area contributed by atoms with Gasteiger partial charge in [-0.1, -0.05) is 55.8 Å². The summed E-state index contributed by atoms with van der Waals surface area (Å²) in [5, 5.41) is 3.30. The van der Waals surface area contributed by atoms with Gasteiger partial charge in [-0.05, 0) is 24.6 Å². The number of pyridine rings is 1. The van der Waals surface area contributed by atoms with Gasteiger partial charge in [-0.15, -0.1) is 0 Å². The predicted octanol–water partition coefficient (Wildman–Crippen LogP) is 3.75. The number of nitrogens with zero attached hydrogens (tertiary/aromatic N) is 1. The van der Waals surface area contributed by atoms with Crippen LogP contribution in [0, 0.1) is 6.92 Å². The van der Waals surface area contributed by atoms with E-state index in [-0.39, 0.29) is 11.3 Å². The van der Waals surface area contributed by atoms with Gasteiger partial charge in [0.2, 0.25) is 0 Å². The normalized spacial score (nSPS) is 11.2. The molecule has 1 amide bonds. The Morgan fingerprint density at radius 1 is 1.24 bits per heavy atom. The molecule has 21 heavy (non-hydrogen) atoms. The lowest BCUT2D eigenvalue weighted by molar-refractivity contribution is 0.0945. The van der Waals surface area contributed by atoms with Gasteiger partial charge in [0, 0.05) is 23.2 Å². The van der Waals surface area contributed by atoms with Crippen molar-refractivity contribution in [2.24, 2.45) is 0 Å². The number of hydrogen-bond acceptors (Lipinski definition) is 2. The first-order valence-corrected chi connectivity index (χ1v) is 7.24. The number of hydrogen-bond donors (Lipinski definition) is 1. The summed E-state index contributed by atoms with van der Waals surface area (Å²) in [5.41, 5.74) is 2.32. The van der Waals surface area contributed by atoms with Gasteiger partial charge in [0.05, 0.1) is 0 Å². The van der Waals surface area contributed by atoms with E-state index in [0.717, 1.165) is 5.69 Å². The molecule has 2 rings (SSSR count). The fraction of sp³-hybridized carbons (Fsp3) is 0.294. The van der Waals surface area contributed by atoms with Crippen molar-refractivity contribution in [3.05, 3.63) is 64.4 Å². The Labute approximate surface area is 130 Å². The minimum absolute atomic E-state index is 0.133. The van der Waals surface area contributed by atoms with E-state index in [2.05, 4.69) is 36.3 Å². The summed E-state index contributed by atoms with van der Waals surface area (Å²) >= 11 is 5.89. The summed E-state index contributed by atoms with van der Waals surface area (Å²) in [6.45, 7) is 6.58. The van der Waals surface area contributed by atoms with Crippen LogP contribution in [-0.2, 0) is 5.41 Å². The van der Waals surface area contributed by atoms with E-state index in [9.17, 15) is 4.79 Å². The Bertz CT molecular complexity index is 618. The molecule has 1 N–H and O–H groups in total. The van der Waals surface area contributed by atoms with Crippen molar-refractivity contribution in [3.8, 4) is 0 Å². The third-order valence-corrected chi connectivity index (χ3v) is 3.62. The summed E-state index contributed by atoms with van der Waals surface area (Å²) in [7, 11) is 0. The maximum absolute atomic E-state index is 12.2. The zero-order valence-corrected chi connectivity index (χ0v) is 13.2. The molecule has 0 radical (unpaired) electrons. The maximum atomic E-state index is 12.2. The first-order chi connectivity index (χ1) is 9.88. The molecule has 4 heteroatoms. The minimum Gasteiger partial charge on any atom is -0.351 e. The van der Waals surface area contributed by atoms with E-state index in [0.29, 0.717) is 17.3 Å². The van der Waals surface area contributed by atoms with Crippen molar-refractivity contribution < 1.29 is 4.79 Å². The summed E-state index contributed by atoms with van der Waals surface area (Å²) in [6.07, 6.45) is 0. The zero-order chi connectivity index (χ0) is 15.5. The predicted molar refractivity (Wildman–Crippen MR) is 85.8 cm³/mol. The van der Waals surface area contributed by atoms with Crippen molar-refractivity contribution in [2.45, 2.75) is 26.2 Å². The highest BCUT2D eigenvalue weighted by molar-refractivity contribution is 6.29. The van der Waals surface area contributed by atoms with Crippen LogP contribution in [0.15, 0.2) is 42.5 Å². The SMILES string of the molecule is Cc1cc(C(=O)NCC(C)(C)c2ccccc2)cc(Cl)n1. The number of halogens is 1. The van der Waals surface area contributed by atoms with Crippen molar-refractivity contribution in [2.75, 3.05) is 6.54 Å². The fourth-order valence-electron chi connectivity index (χ4n) is 2.15. The first kappa shape index (κ1) is 15.5. The van der Waals surface area contributed by atoms with Crippen LogP contribution in [0.25, 0.3) is 0 Å². The topological polar surface area (TPSA) is 42.0 Å². The van der Waals surface area contributed by atoms with E-state index in [1.54, 1.807) is 12.1 Å².